The molecule has 0 bridgehead atoms. The Balaban J connectivity index is 3.55. The molecule has 0 aliphatic carbocycles. The third kappa shape index (κ3) is 10.3. The van der Waals surface area contributed by atoms with Gasteiger partial charge in [-0.3, -0.25) is 0 Å². The Morgan fingerprint density at radius 3 is 2.20 bits per heavy atom. The zero-order valence-corrected chi connectivity index (χ0v) is 10.5. The second-order valence-corrected chi connectivity index (χ2v) is 4.95. The highest BCUT2D eigenvalue weighted by atomic mass is 28.4. The van der Waals surface area contributed by atoms with Crippen LogP contribution in [0.4, 0.5) is 0 Å². The molecule has 0 heterocycles. The minimum absolute atomic E-state index is 0.180. The molecule has 0 aliphatic rings. The molecule has 0 aromatic carbocycles. The standard InChI is InChI=1S/C9H22O5Si/c1-3-5-6-7-8-9(4-2)13-14-15(10,11)12/h9-12H,3-8H2,1-2H3. The van der Waals surface area contributed by atoms with Crippen molar-refractivity contribution in [1.82, 2.24) is 0 Å². The van der Waals surface area contributed by atoms with E-state index in [-0.39, 0.29) is 6.10 Å². The number of hydrogen-bond acceptors (Lipinski definition) is 5. The first-order chi connectivity index (χ1) is 6.99. The van der Waals surface area contributed by atoms with E-state index in [0.29, 0.717) is 0 Å². The molecule has 0 aromatic rings. The molecule has 0 fully saturated rings. The second kappa shape index (κ2) is 8.20. The Morgan fingerprint density at radius 2 is 1.73 bits per heavy atom. The SMILES string of the molecule is CCCCCCC(CC)OO[Si](O)(O)O. The minimum Gasteiger partial charge on any atom is -0.366 e. The quantitative estimate of drug-likeness (QED) is 0.242. The van der Waals surface area contributed by atoms with Crippen LogP contribution in [0.1, 0.15) is 52.4 Å². The highest BCUT2D eigenvalue weighted by molar-refractivity contribution is 6.48. The third-order valence-electron chi connectivity index (χ3n) is 2.13. The molecule has 0 radical (unpaired) electrons. The maximum absolute atomic E-state index is 8.57. The molecule has 5 nitrogen and oxygen atoms in total. The zero-order chi connectivity index (χ0) is 11.7. The van der Waals surface area contributed by atoms with E-state index < -0.39 is 9.05 Å². The summed E-state index contributed by atoms with van der Waals surface area (Å²) in [6, 6.07) is 0. The van der Waals surface area contributed by atoms with E-state index >= 15 is 0 Å². The van der Waals surface area contributed by atoms with Crippen molar-refractivity contribution in [2.24, 2.45) is 0 Å². The molecule has 0 aromatic heterocycles. The smallest absolute Gasteiger partial charge is 0.366 e. The van der Waals surface area contributed by atoms with Gasteiger partial charge in [0.15, 0.2) is 0 Å². The molecule has 1 unspecified atom stereocenters. The van der Waals surface area contributed by atoms with Gasteiger partial charge in [-0.05, 0) is 12.8 Å². The van der Waals surface area contributed by atoms with E-state index in [2.05, 4.69) is 11.5 Å². The molecule has 3 N–H and O–H groups in total. The lowest BCUT2D eigenvalue weighted by molar-refractivity contribution is -0.294. The van der Waals surface area contributed by atoms with Crippen LogP contribution in [-0.2, 0) is 9.46 Å². The summed E-state index contributed by atoms with van der Waals surface area (Å²) in [7, 11) is -4.51. The molecule has 0 rings (SSSR count). The van der Waals surface area contributed by atoms with Gasteiger partial charge in [0, 0.05) is 0 Å². The summed E-state index contributed by atoms with van der Waals surface area (Å²) < 4.78 is 4.14. The van der Waals surface area contributed by atoms with E-state index in [4.69, 9.17) is 19.3 Å². The van der Waals surface area contributed by atoms with Crippen molar-refractivity contribution in [3.8, 4) is 0 Å². The van der Waals surface area contributed by atoms with E-state index in [1.54, 1.807) is 0 Å². The van der Waals surface area contributed by atoms with Gasteiger partial charge in [0.2, 0.25) is 0 Å². The van der Waals surface area contributed by atoms with Crippen LogP contribution >= 0.6 is 0 Å². The first kappa shape index (κ1) is 15.0. The molecular formula is C9H22O5Si. The van der Waals surface area contributed by atoms with Gasteiger partial charge in [0.1, 0.15) is 0 Å². The predicted octanol–water partition coefficient (Wildman–Crippen LogP) is 1.10. The Morgan fingerprint density at radius 1 is 1.07 bits per heavy atom. The second-order valence-electron chi connectivity index (χ2n) is 3.63. The summed E-state index contributed by atoms with van der Waals surface area (Å²) in [5, 5.41) is 0. The average Bonchev–Trinajstić information content (AvgIpc) is 2.15. The van der Waals surface area contributed by atoms with E-state index in [9.17, 15) is 0 Å². The van der Waals surface area contributed by atoms with Gasteiger partial charge in [-0.1, -0.05) is 39.5 Å². The molecule has 15 heavy (non-hydrogen) atoms. The Hall–Kier alpha value is 0.0169. The van der Waals surface area contributed by atoms with Gasteiger partial charge in [-0.2, -0.15) is 4.58 Å². The molecule has 0 amide bonds. The first-order valence-corrected chi connectivity index (χ1v) is 7.26. The lowest BCUT2D eigenvalue weighted by atomic mass is 10.1. The molecule has 0 aliphatic heterocycles. The van der Waals surface area contributed by atoms with Crippen LogP contribution in [-0.4, -0.2) is 29.5 Å². The lowest BCUT2D eigenvalue weighted by Gasteiger charge is -2.16. The van der Waals surface area contributed by atoms with Gasteiger partial charge in [0.25, 0.3) is 0 Å². The lowest BCUT2D eigenvalue weighted by Crippen LogP contribution is -2.40. The van der Waals surface area contributed by atoms with Crippen molar-refractivity contribution < 1.29 is 23.9 Å². The minimum atomic E-state index is -4.51. The van der Waals surface area contributed by atoms with Crippen molar-refractivity contribution in [2.75, 3.05) is 0 Å². The summed E-state index contributed by atoms with van der Waals surface area (Å²) in [5.74, 6) is 0. The summed E-state index contributed by atoms with van der Waals surface area (Å²) in [6.07, 6.45) is 5.87. The normalized spacial score (nSPS) is 14.2. The summed E-state index contributed by atoms with van der Waals surface area (Å²) in [5.41, 5.74) is 0. The van der Waals surface area contributed by atoms with E-state index in [1.807, 2.05) is 6.92 Å². The van der Waals surface area contributed by atoms with Crippen molar-refractivity contribution in [3.63, 3.8) is 0 Å². The van der Waals surface area contributed by atoms with Crippen LogP contribution in [0.3, 0.4) is 0 Å². The van der Waals surface area contributed by atoms with Gasteiger partial charge < -0.3 is 14.4 Å². The maximum Gasteiger partial charge on any atom is 0.699 e. The number of rotatable bonds is 9. The largest absolute Gasteiger partial charge is 0.699 e. The summed E-state index contributed by atoms with van der Waals surface area (Å²) in [6.45, 7) is 4.06. The highest BCUT2D eigenvalue weighted by Gasteiger charge is 2.33. The highest BCUT2D eigenvalue weighted by Crippen LogP contribution is 2.12. The third-order valence-corrected chi connectivity index (χ3v) is 2.45. The monoisotopic (exact) mass is 238 g/mol. The maximum atomic E-state index is 8.57. The van der Waals surface area contributed by atoms with Crippen molar-refractivity contribution in [1.29, 1.82) is 0 Å². The van der Waals surface area contributed by atoms with Crippen LogP contribution in [0.2, 0.25) is 0 Å². The molecule has 6 heteroatoms. The van der Waals surface area contributed by atoms with Crippen molar-refractivity contribution >= 4 is 9.05 Å². The topological polar surface area (TPSA) is 79.2 Å². The van der Waals surface area contributed by atoms with E-state index in [1.165, 1.54) is 12.8 Å². The van der Waals surface area contributed by atoms with Gasteiger partial charge in [-0.25, -0.2) is 4.89 Å². The van der Waals surface area contributed by atoms with E-state index in [0.717, 1.165) is 25.7 Å². The van der Waals surface area contributed by atoms with Gasteiger partial charge in [0.05, 0.1) is 6.10 Å². The van der Waals surface area contributed by atoms with Crippen LogP contribution in [0, 0.1) is 0 Å². The number of hydrogen-bond donors (Lipinski definition) is 3. The summed E-state index contributed by atoms with van der Waals surface area (Å²) in [4.78, 5) is 30.5. The fraction of sp³-hybridized carbons (Fsp3) is 1.00. The van der Waals surface area contributed by atoms with Crippen LogP contribution in [0.15, 0.2) is 0 Å². The molecule has 0 saturated heterocycles. The predicted molar refractivity (Wildman–Crippen MR) is 57.4 cm³/mol. The molecule has 92 valence electrons. The molecule has 0 spiro atoms. The van der Waals surface area contributed by atoms with Crippen molar-refractivity contribution in [2.45, 2.75) is 58.5 Å². The number of unbranched alkanes of at least 4 members (excludes halogenated alkanes) is 3. The fourth-order valence-corrected chi connectivity index (χ4v) is 1.52. The molecule has 1 atom stereocenters. The Labute approximate surface area is 92.1 Å². The van der Waals surface area contributed by atoms with Crippen LogP contribution in [0.5, 0.6) is 0 Å². The fourth-order valence-electron chi connectivity index (χ4n) is 1.25. The zero-order valence-electron chi connectivity index (χ0n) is 9.48. The molecular weight excluding hydrogens is 216 g/mol. The van der Waals surface area contributed by atoms with Crippen molar-refractivity contribution in [3.05, 3.63) is 0 Å². The van der Waals surface area contributed by atoms with Crippen LogP contribution < -0.4 is 0 Å². The average molecular weight is 238 g/mol. The summed E-state index contributed by atoms with van der Waals surface area (Å²) >= 11 is 0. The first-order valence-electron chi connectivity index (χ1n) is 5.51. The van der Waals surface area contributed by atoms with Crippen LogP contribution in [0.25, 0.3) is 0 Å². The molecule has 0 saturated carbocycles. The van der Waals surface area contributed by atoms with Gasteiger partial charge in [-0.15, -0.1) is 0 Å². The Bertz CT molecular complexity index is 148. The Kier molecular flexibility index (Phi) is 8.21. The van der Waals surface area contributed by atoms with Gasteiger partial charge >= 0.3 is 9.05 Å².